The summed E-state index contributed by atoms with van der Waals surface area (Å²) >= 11 is 0. The molecule has 11 heavy (non-hydrogen) atoms. The van der Waals surface area contributed by atoms with E-state index in [1.165, 1.54) is 0 Å². The smallest absolute Gasteiger partial charge is 0.206 e. The van der Waals surface area contributed by atoms with Crippen molar-refractivity contribution in [2.24, 2.45) is 10.8 Å². The molecule has 1 rings (SSSR count). The van der Waals surface area contributed by atoms with Crippen molar-refractivity contribution in [3.05, 3.63) is 0 Å². The molecule has 66 valence electrons. The average molecular weight is 162 g/mol. The molecule has 0 amide bonds. The van der Waals surface area contributed by atoms with Crippen molar-refractivity contribution < 1.29 is 8.78 Å². The van der Waals surface area contributed by atoms with Crippen LogP contribution >= 0.6 is 0 Å². The van der Waals surface area contributed by atoms with E-state index in [1.807, 2.05) is 13.8 Å². The zero-order valence-electron chi connectivity index (χ0n) is 7.67. The topological polar surface area (TPSA) is 0 Å². The first-order chi connectivity index (χ1) is 4.66. The molecule has 0 unspecified atom stereocenters. The van der Waals surface area contributed by atoms with Crippen LogP contribution in [-0.4, -0.2) is 5.92 Å². The monoisotopic (exact) mass is 162 g/mol. The van der Waals surface area contributed by atoms with Gasteiger partial charge in [-0.3, -0.25) is 0 Å². The molecule has 0 heterocycles. The van der Waals surface area contributed by atoms with Crippen LogP contribution in [-0.2, 0) is 0 Å². The second kappa shape index (κ2) is 1.96. The average Bonchev–Trinajstić information content (AvgIpc) is 1.66. The zero-order valence-corrected chi connectivity index (χ0v) is 7.67. The highest BCUT2D eigenvalue weighted by Gasteiger charge is 2.57. The second-order valence-electron chi connectivity index (χ2n) is 5.11. The van der Waals surface area contributed by atoms with E-state index in [4.69, 9.17) is 0 Å². The van der Waals surface area contributed by atoms with Crippen LogP contribution in [0.1, 0.15) is 40.5 Å². The van der Waals surface area contributed by atoms with Gasteiger partial charge in [-0.2, -0.15) is 0 Å². The van der Waals surface area contributed by atoms with E-state index < -0.39 is 11.3 Å². The van der Waals surface area contributed by atoms with E-state index in [1.54, 1.807) is 13.8 Å². The van der Waals surface area contributed by atoms with Crippen molar-refractivity contribution in [3.8, 4) is 0 Å². The first kappa shape index (κ1) is 8.95. The molecule has 1 saturated carbocycles. The van der Waals surface area contributed by atoms with Crippen molar-refractivity contribution in [3.63, 3.8) is 0 Å². The van der Waals surface area contributed by atoms with Crippen LogP contribution in [0.25, 0.3) is 0 Å². The van der Waals surface area contributed by atoms with Gasteiger partial charge >= 0.3 is 0 Å². The highest BCUT2D eigenvalue weighted by atomic mass is 19.3. The summed E-state index contributed by atoms with van der Waals surface area (Å²) in [6.45, 7) is 7.13. The van der Waals surface area contributed by atoms with Gasteiger partial charge in [0.25, 0.3) is 5.92 Å². The normalized spacial score (nSPS) is 32.2. The summed E-state index contributed by atoms with van der Waals surface area (Å²) in [5.74, 6) is -2.48. The van der Waals surface area contributed by atoms with Crippen LogP contribution in [0.15, 0.2) is 0 Å². The van der Waals surface area contributed by atoms with E-state index in [9.17, 15) is 8.78 Å². The molecular weight excluding hydrogens is 146 g/mol. The molecule has 0 aromatic heterocycles. The lowest BCUT2D eigenvalue weighted by Crippen LogP contribution is -2.29. The second-order valence-corrected chi connectivity index (χ2v) is 5.11. The molecule has 0 aliphatic heterocycles. The quantitative estimate of drug-likeness (QED) is 0.511. The summed E-state index contributed by atoms with van der Waals surface area (Å²) in [5.41, 5.74) is -0.997. The lowest BCUT2D eigenvalue weighted by atomic mass is 9.84. The van der Waals surface area contributed by atoms with Gasteiger partial charge in [-0.15, -0.1) is 0 Å². The molecule has 0 aromatic carbocycles. The maximum Gasteiger partial charge on any atom is 0.253 e. The Morgan fingerprint density at radius 2 is 1.36 bits per heavy atom. The Hall–Kier alpha value is -0.140. The number of halogens is 2. The van der Waals surface area contributed by atoms with Crippen LogP contribution < -0.4 is 0 Å². The highest BCUT2D eigenvalue weighted by Crippen LogP contribution is 2.57. The van der Waals surface area contributed by atoms with Crippen LogP contribution in [0.5, 0.6) is 0 Å². The van der Waals surface area contributed by atoms with Crippen molar-refractivity contribution in [1.29, 1.82) is 0 Å². The van der Waals surface area contributed by atoms with Gasteiger partial charge in [0, 0.05) is 11.8 Å². The summed E-state index contributed by atoms with van der Waals surface area (Å²) in [5, 5.41) is 0. The third kappa shape index (κ3) is 1.40. The molecule has 1 fully saturated rings. The van der Waals surface area contributed by atoms with Crippen LogP contribution in [0.4, 0.5) is 8.78 Å². The fourth-order valence-electron chi connectivity index (χ4n) is 2.23. The van der Waals surface area contributed by atoms with Crippen molar-refractivity contribution in [2.45, 2.75) is 46.5 Å². The Morgan fingerprint density at radius 1 is 0.909 bits per heavy atom. The Bertz CT molecular complexity index is 150. The molecule has 0 radical (unpaired) electrons. The molecular formula is C9H16F2. The largest absolute Gasteiger partial charge is 0.253 e. The Labute approximate surface area is 67.0 Å². The minimum absolute atomic E-state index is 0.0347. The van der Waals surface area contributed by atoms with E-state index in [0.29, 0.717) is 6.42 Å². The SMILES string of the molecule is CC1(C)CC(C)(C)C(F)(F)C1. The fraction of sp³-hybridized carbons (Fsp3) is 1.00. The zero-order chi connectivity index (χ0) is 8.91. The van der Waals surface area contributed by atoms with Gasteiger partial charge in [-0.25, -0.2) is 8.78 Å². The Balaban J connectivity index is 2.89. The molecule has 1 aliphatic rings. The molecule has 0 spiro atoms. The highest BCUT2D eigenvalue weighted by molar-refractivity contribution is 4.99. The van der Waals surface area contributed by atoms with Gasteiger partial charge in [0.15, 0.2) is 0 Å². The summed E-state index contributed by atoms with van der Waals surface area (Å²) in [7, 11) is 0. The van der Waals surface area contributed by atoms with Crippen molar-refractivity contribution in [1.82, 2.24) is 0 Å². The third-order valence-corrected chi connectivity index (χ3v) is 2.61. The van der Waals surface area contributed by atoms with Gasteiger partial charge in [-0.1, -0.05) is 27.7 Å². The number of hydrogen-bond acceptors (Lipinski definition) is 0. The molecule has 0 N–H and O–H groups in total. The molecule has 0 aromatic rings. The van der Waals surface area contributed by atoms with Crippen LogP contribution in [0.2, 0.25) is 0 Å². The minimum Gasteiger partial charge on any atom is -0.206 e. The van der Waals surface area contributed by atoms with Crippen molar-refractivity contribution in [2.75, 3.05) is 0 Å². The maximum atomic E-state index is 13.2. The summed E-state index contributed by atoms with van der Waals surface area (Å²) in [6, 6.07) is 0. The summed E-state index contributed by atoms with van der Waals surface area (Å²) in [4.78, 5) is 0. The van der Waals surface area contributed by atoms with Gasteiger partial charge in [0.1, 0.15) is 0 Å². The van der Waals surface area contributed by atoms with E-state index >= 15 is 0 Å². The van der Waals surface area contributed by atoms with Gasteiger partial charge in [0.2, 0.25) is 0 Å². The number of alkyl halides is 2. The van der Waals surface area contributed by atoms with Gasteiger partial charge in [-0.05, 0) is 11.8 Å². The molecule has 0 bridgehead atoms. The molecule has 0 saturated heterocycles. The van der Waals surface area contributed by atoms with Crippen LogP contribution in [0.3, 0.4) is 0 Å². The predicted molar refractivity (Wildman–Crippen MR) is 41.7 cm³/mol. The first-order valence-electron chi connectivity index (χ1n) is 4.04. The van der Waals surface area contributed by atoms with Crippen LogP contribution in [0, 0.1) is 10.8 Å². The summed E-state index contributed by atoms with van der Waals surface area (Å²) < 4.78 is 26.4. The molecule has 2 heteroatoms. The number of rotatable bonds is 0. The Kier molecular flexibility index (Phi) is 1.60. The molecule has 0 nitrogen and oxygen atoms in total. The van der Waals surface area contributed by atoms with E-state index in [-0.39, 0.29) is 11.8 Å². The lowest BCUT2D eigenvalue weighted by molar-refractivity contribution is -0.0821. The van der Waals surface area contributed by atoms with E-state index in [0.717, 1.165) is 0 Å². The standard InChI is InChI=1S/C9H16F2/c1-7(2)5-8(3,4)9(10,11)6-7/h5-6H2,1-4H3. The Morgan fingerprint density at radius 3 is 1.45 bits per heavy atom. The minimum atomic E-state index is -2.48. The molecule has 1 aliphatic carbocycles. The van der Waals surface area contributed by atoms with Crippen molar-refractivity contribution >= 4 is 0 Å². The fourth-order valence-corrected chi connectivity index (χ4v) is 2.23. The maximum absolute atomic E-state index is 13.2. The molecule has 0 atom stereocenters. The van der Waals surface area contributed by atoms with Gasteiger partial charge in [0.05, 0.1) is 0 Å². The first-order valence-corrected chi connectivity index (χ1v) is 4.04. The number of hydrogen-bond donors (Lipinski definition) is 0. The van der Waals surface area contributed by atoms with E-state index in [2.05, 4.69) is 0 Å². The van der Waals surface area contributed by atoms with Gasteiger partial charge < -0.3 is 0 Å². The third-order valence-electron chi connectivity index (χ3n) is 2.61. The lowest BCUT2D eigenvalue weighted by Gasteiger charge is -2.25. The predicted octanol–water partition coefficient (Wildman–Crippen LogP) is 3.47. The summed E-state index contributed by atoms with van der Waals surface area (Å²) in [6.07, 6.45) is 0.653.